The van der Waals surface area contributed by atoms with Crippen LogP contribution >= 0.6 is 0 Å². The summed E-state index contributed by atoms with van der Waals surface area (Å²) >= 11 is 0. The summed E-state index contributed by atoms with van der Waals surface area (Å²) in [5.74, 6) is -0.196. The molecule has 0 aromatic heterocycles. The molecule has 0 heterocycles. The number of carbonyl (C=O) groups excluding carboxylic acids is 2. The Balaban J connectivity index is 1.84. The molecule has 2 rings (SSSR count). The minimum absolute atomic E-state index is 0.0395. The van der Waals surface area contributed by atoms with E-state index in [9.17, 15) is 9.59 Å². The SMILES string of the molecule is CCOC(=O)C[C@@H](C)OC(=O)c1ccc(OCc2ccccc2)cc1. The predicted octanol–water partition coefficient (Wildman–Crippen LogP) is 3.76. The molecule has 1 atom stereocenters. The minimum atomic E-state index is -0.541. The quantitative estimate of drug-likeness (QED) is 0.684. The molecule has 0 amide bonds. The molecule has 132 valence electrons. The summed E-state index contributed by atoms with van der Waals surface area (Å²) in [5.41, 5.74) is 1.47. The van der Waals surface area contributed by atoms with Crippen LogP contribution < -0.4 is 4.74 Å². The third kappa shape index (κ3) is 6.30. The number of esters is 2. The zero-order valence-corrected chi connectivity index (χ0v) is 14.4. The highest BCUT2D eigenvalue weighted by molar-refractivity contribution is 5.89. The van der Waals surface area contributed by atoms with Crippen LogP contribution in [-0.2, 0) is 20.9 Å². The van der Waals surface area contributed by atoms with Crippen molar-refractivity contribution < 1.29 is 23.8 Å². The van der Waals surface area contributed by atoms with E-state index in [4.69, 9.17) is 14.2 Å². The van der Waals surface area contributed by atoms with E-state index in [1.165, 1.54) is 0 Å². The molecule has 0 radical (unpaired) electrons. The van der Waals surface area contributed by atoms with Gasteiger partial charge in [0.25, 0.3) is 0 Å². The highest BCUT2D eigenvalue weighted by atomic mass is 16.6. The van der Waals surface area contributed by atoms with Gasteiger partial charge in [-0.05, 0) is 43.7 Å². The van der Waals surface area contributed by atoms with Gasteiger partial charge >= 0.3 is 11.9 Å². The summed E-state index contributed by atoms with van der Waals surface area (Å²) in [4.78, 5) is 23.4. The Morgan fingerprint density at radius 2 is 1.68 bits per heavy atom. The molecule has 0 saturated carbocycles. The van der Waals surface area contributed by atoms with E-state index in [-0.39, 0.29) is 12.4 Å². The van der Waals surface area contributed by atoms with Crippen LogP contribution in [0.4, 0.5) is 0 Å². The highest BCUT2D eigenvalue weighted by Crippen LogP contribution is 2.15. The Morgan fingerprint density at radius 3 is 2.32 bits per heavy atom. The fraction of sp³-hybridized carbons (Fsp3) is 0.300. The number of carbonyl (C=O) groups is 2. The van der Waals surface area contributed by atoms with Crippen LogP contribution in [0.2, 0.25) is 0 Å². The molecule has 0 N–H and O–H groups in total. The third-order valence-electron chi connectivity index (χ3n) is 3.41. The van der Waals surface area contributed by atoms with Crippen LogP contribution in [0, 0.1) is 0 Å². The maximum Gasteiger partial charge on any atom is 0.338 e. The largest absolute Gasteiger partial charge is 0.489 e. The Bertz CT molecular complexity index is 679. The summed E-state index contributed by atoms with van der Waals surface area (Å²) in [5, 5.41) is 0. The van der Waals surface area contributed by atoms with E-state index in [1.807, 2.05) is 30.3 Å². The number of rotatable bonds is 8. The van der Waals surface area contributed by atoms with E-state index < -0.39 is 12.1 Å². The lowest BCUT2D eigenvalue weighted by atomic mass is 10.2. The molecule has 0 spiro atoms. The maximum absolute atomic E-state index is 12.1. The Hall–Kier alpha value is -2.82. The molecule has 0 unspecified atom stereocenters. The molecule has 0 saturated heterocycles. The topological polar surface area (TPSA) is 61.8 Å². The van der Waals surface area contributed by atoms with Crippen LogP contribution in [0.3, 0.4) is 0 Å². The number of hydrogen-bond donors (Lipinski definition) is 0. The average Bonchev–Trinajstić information content (AvgIpc) is 2.61. The van der Waals surface area contributed by atoms with Gasteiger partial charge in [0.05, 0.1) is 18.6 Å². The summed E-state index contributed by atoms with van der Waals surface area (Å²) in [6, 6.07) is 16.5. The Morgan fingerprint density at radius 1 is 1.00 bits per heavy atom. The van der Waals surface area contributed by atoms with Crippen LogP contribution in [0.25, 0.3) is 0 Å². The summed E-state index contributed by atoms with van der Waals surface area (Å²) in [6.45, 7) is 4.16. The van der Waals surface area contributed by atoms with Gasteiger partial charge in [0.1, 0.15) is 18.5 Å². The zero-order chi connectivity index (χ0) is 18.1. The number of ether oxygens (including phenoxy) is 3. The maximum atomic E-state index is 12.1. The van der Waals surface area contributed by atoms with Crippen molar-refractivity contribution in [2.75, 3.05) is 6.61 Å². The minimum Gasteiger partial charge on any atom is -0.489 e. The van der Waals surface area contributed by atoms with Crippen LogP contribution in [0.1, 0.15) is 36.2 Å². The van der Waals surface area contributed by atoms with Gasteiger partial charge in [-0.1, -0.05) is 30.3 Å². The van der Waals surface area contributed by atoms with Crippen LogP contribution in [0.5, 0.6) is 5.75 Å². The van der Waals surface area contributed by atoms with Crippen molar-refractivity contribution in [2.45, 2.75) is 33.0 Å². The van der Waals surface area contributed by atoms with E-state index in [0.717, 1.165) is 5.56 Å². The number of benzene rings is 2. The van der Waals surface area contributed by atoms with E-state index in [0.29, 0.717) is 24.5 Å². The fourth-order valence-electron chi connectivity index (χ4n) is 2.18. The van der Waals surface area contributed by atoms with Gasteiger partial charge in [0.2, 0.25) is 0 Å². The second-order valence-corrected chi connectivity index (χ2v) is 5.52. The van der Waals surface area contributed by atoms with Gasteiger partial charge in [-0.15, -0.1) is 0 Å². The van der Waals surface area contributed by atoms with Gasteiger partial charge in [0.15, 0.2) is 0 Å². The first-order valence-corrected chi connectivity index (χ1v) is 8.22. The number of hydrogen-bond acceptors (Lipinski definition) is 5. The molecule has 5 nitrogen and oxygen atoms in total. The molecule has 5 heteroatoms. The van der Waals surface area contributed by atoms with Crippen LogP contribution in [-0.4, -0.2) is 24.6 Å². The lowest BCUT2D eigenvalue weighted by Gasteiger charge is -2.13. The predicted molar refractivity (Wildman–Crippen MR) is 93.3 cm³/mol. The standard InChI is InChI=1S/C20H22O5/c1-3-23-19(21)13-15(2)25-20(22)17-9-11-18(12-10-17)24-14-16-7-5-4-6-8-16/h4-12,15H,3,13-14H2,1-2H3/t15-/m1/s1. The van der Waals surface area contributed by atoms with Gasteiger partial charge in [-0.2, -0.15) is 0 Å². The smallest absolute Gasteiger partial charge is 0.338 e. The Labute approximate surface area is 147 Å². The Kier molecular flexibility index (Phi) is 7.01. The normalized spacial score (nSPS) is 11.4. The van der Waals surface area contributed by atoms with Crippen molar-refractivity contribution in [1.82, 2.24) is 0 Å². The zero-order valence-electron chi connectivity index (χ0n) is 14.4. The van der Waals surface area contributed by atoms with Gasteiger partial charge < -0.3 is 14.2 Å². The lowest BCUT2D eigenvalue weighted by molar-refractivity contribution is -0.145. The third-order valence-corrected chi connectivity index (χ3v) is 3.41. The second-order valence-electron chi connectivity index (χ2n) is 5.52. The van der Waals surface area contributed by atoms with Crippen molar-refractivity contribution in [1.29, 1.82) is 0 Å². The molecule has 2 aromatic carbocycles. The van der Waals surface area contributed by atoms with Crippen molar-refractivity contribution in [2.24, 2.45) is 0 Å². The van der Waals surface area contributed by atoms with Gasteiger partial charge in [-0.3, -0.25) is 4.79 Å². The first kappa shape index (κ1) is 18.5. The van der Waals surface area contributed by atoms with E-state index in [2.05, 4.69) is 0 Å². The van der Waals surface area contributed by atoms with Crippen molar-refractivity contribution in [3.8, 4) is 5.75 Å². The van der Waals surface area contributed by atoms with Crippen molar-refractivity contribution in [3.05, 3.63) is 65.7 Å². The molecule has 0 bridgehead atoms. The molecule has 0 fully saturated rings. The van der Waals surface area contributed by atoms with Crippen molar-refractivity contribution in [3.63, 3.8) is 0 Å². The van der Waals surface area contributed by atoms with Gasteiger partial charge in [0, 0.05) is 0 Å². The molecular weight excluding hydrogens is 320 g/mol. The molecule has 0 aliphatic rings. The van der Waals surface area contributed by atoms with Crippen molar-refractivity contribution >= 4 is 11.9 Å². The summed E-state index contributed by atoms with van der Waals surface area (Å²) < 4.78 is 15.7. The molecule has 2 aromatic rings. The molecule has 0 aliphatic carbocycles. The molecular formula is C20H22O5. The second kappa shape index (κ2) is 9.47. The molecule has 0 aliphatic heterocycles. The summed E-state index contributed by atoms with van der Waals surface area (Å²) in [7, 11) is 0. The van der Waals surface area contributed by atoms with E-state index >= 15 is 0 Å². The fourth-order valence-corrected chi connectivity index (χ4v) is 2.18. The van der Waals surface area contributed by atoms with Gasteiger partial charge in [-0.25, -0.2) is 4.79 Å². The van der Waals surface area contributed by atoms with Crippen LogP contribution in [0.15, 0.2) is 54.6 Å². The highest BCUT2D eigenvalue weighted by Gasteiger charge is 2.16. The summed E-state index contributed by atoms with van der Waals surface area (Å²) in [6.07, 6.45) is -0.502. The lowest BCUT2D eigenvalue weighted by Crippen LogP contribution is -2.20. The average molecular weight is 342 g/mol. The monoisotopic (exact) mass is 342 g/mol. The van der Waals surface area contributed by atoms with E-state index in [1.54, 1.807) is 38.1 Å². The first-order chi connectivity index (χ1) is 12.1. The first-order valence-electron chi connectivity index (χ1n) is 8.22. The molecule has 25 heavy (non-hydrogen) atoms.